The number of hydrogen-bond donors (Lipinski definition) is 1. The zero-order valence-corrected chi connectivity index (χ0v) is 15.9. The minimum Gasteiger partial charge on any atom is -0.490 e. The molecule has 27 heavy (non-hydrogen) atoms. The molecule has 0 radical (unpaired) electrons. The van der Waals surface area contributed by atoms with Crippen LogP contribution in [0.25, 0.3) is 6.08 Å². The van der Waals surface area contributed by atoms with Gasteiger partial charge >= 0.3 is 5.69 Å². The van der Waals surface area contributed by atoms with Crippen molar-refractivity contribution < 1.29 is 14.5 Å². The van der Waals surface area contributed by atoms with Gasteiger partial charge in [0, 0.05) is 11.1 Å². The number of amidine groups is 1. The van der Waals surface area contributed by atoms with E-state index in [9.17, 15) is 14.9 Å². The Balaban J connectivity index is 1.90. The first kappa shape index (κ1) is 18.9. The lowest BCUT2D eigenvalue weighted by molar-refractivity contribution is -0.385. The quantitative estimate of drug-likeness (QED) is 0.462. The first-order chi connectivity index (χ1) is 12.9. The van der Waals surface area contributed by atoms with Gasteiger partial charge in [0.15, 0.2) is 10.9 Å². The molecule has 1 saturated heterocycles. The molecule has 1 amide bonds. The number of thioether (sulfide) groups is 1. The molecule has 0 atom stereocenters. The zero-order chi connectivity index (χ0) is 19.6. The van der Waals surface area contributed by atoms with E-state index < -0.39 is 4.92 Å². The molecule has 9 heteroatoms. The fourth-order valence-corrected chi connectivity index (χ4v) is 3.40. The van der Waals surface area contributed by atoms with E-state index in [0.717, 1.165) is 17.3 Å². The van der Waals surface area contributed by atoms with Gasteiger partial charge in [0.1, 0.15) is 0 Å². The number of benzene rings is 2. The molecule has 138 valence electrons. The van der Waals surface area contributed by atoms with Crippen LogP contribution in [0.1, 0.15) is 11.1 Å². The van der Waals surface area contributed by atoms with Crippen molar-refractivity contribution in [1.82, 2.24) is 5.32 Å². The SMILES string of the molecule is COc1ccc(/C=C2\SC(=Nc3cccc(Cl)c3C)NC2=O)cc1[N+](=O)[O-]. The number of methoxy groups -OCH3 is 1. The lowest BCUT2D eigenvalue weighted by atomic mass is 10.1. The third kappa shape index (κ3) is 4.12. The number of aliphatic imine (C=N–C) groups is 1. The summed E-state index contributed by atoms with van der Waals surface area (Å²) in [4.78, 5) is 27.6. The van der Waals surface area contributed by atoms with Crippen LogP contribution >= 0.6 is 23.4 Å². The van der Waals surface area contributed by atoms with Gasteiger partial charge in [-0.25, -0.2) is 4.99 Å². The molecule has 1 N–H and O–H groups in total. The first-order valence-electron chi connectivity index (χ1n) is 7.76. The minimum atomic E-state index is -0.530. The predicted molar refractivity (Wildman–Crippen MR) is 107 cm³/mol. The molecule has 7 nitrogen and oxygen atoms in total. The first-order valence-corrected chi connectivity index (χ1v) is 8.95. The molecule has 1 fully saturated rings. The molecule has 2 aromatic carbocycles. The molecule has 0 bridgehead atoms. The standard InChI is InChI=1S/C18H14ClN3O4S/c1-10-12(19)4-3-5-13(10)20-18-21-17(23)16(27-18)9-11-6-7-15(26-2)14(8-11)22(24)25/h3-9H,1-2H3,(H,20,21,23)/b16-9-. The highest BCUT2D eigenvalue weighted by molar-refractivity contribution is 8.18. The summed E-state index contributed by atoms with van der Waals surface area (Å²) in [5, 5.41) is 14.8. The molecule has 0 aromatic heterocycles. The summed E-state index contributed by atoms with van der Waals surface area (Å²) in [5.74, 6) is -0.165. The third-order valence-corrected chi connectivity index (χ3v) is 5.13. The highest BCUT2D eigenvalue weighted by atomic mass is 35.5. The fourth-order valence-electron chi connectivity index (χ4n) is 2.40. The zero-order valence-electron chi connectivity index (χ0n) is 14.4. The number of nitro groups is 1. The summed E-state index contributed by atoms with van der Waals surface area (Å²) < 4.78 is 4.98. The maximum absolute atomic E-state index is 12.2. The van der Waals surface area contributed by atoms with Crippen molar-refractivity contribution in [3.8, 4) is 5.75 Å². The highest BCUT2D eigenvalue weighted by Gasteiger charge is 2.24. The summed E-state index contributed by atoms with van der Waals surface area (Å²) in [6, 6.07) is 9.84. The molecule has 1 heterocycles. The number of amides is 1. The van der Waals surface area contributed by atoms with E-state index in [1.54, 1.807) is 30.3 Å². The third-order valence-electron chi connectivity index (χ3n) is 3.81. The number of carbonyl (C=O) groups is 1. The van der Waals surface area contributed by atoms with Crippen molar-refractivity contribution in [3.05, 3.63) is 67.6 Å². The Hall–Kier alpha value is -2.84. The maximum Gasteiger partial charge on any atom is 0.311 e. The second-order valence-electron chi connectivity index (χ2n) is 5.55. The lowest BCUT2D eigenvalue weighted by Gasteiger charge is -2.03. The van der Waals surface area contributed by atoms with Crippen LogP contribution in [0.15, 0.2) is 46.3 Å². The van der Waals surface area contributed by atoms with Crippen molar-refractivity contribution in [2.45, 2.75) is 6.92 Å². The van der Waals surface area contributed by atoms with Crippen molar-refractivity contribution in [2.24, 2.45) is 4.99 Å². The van der Waals surface area contributed by atoms with E-state index in [0.29, 0.717) is 26.3 Å². The maximum atomic E-state index is 12.2. The van der Waals surface area contributed by atoms with E-state index in [-0.39, 0.29) is 17.3 Å². The van der Waals surface area contributed by atoms with Crippen molar-refractivity contribution in [3.63, 3.8) is 0 Å². The van der Waals surface area contributed by atoms with E-state index >= 15 is 0 Å². The Kier molecular flexibility index (Phi) is 5.48. The largest absolute Gasteiger partial charge is 0.490 e. The number of nitrogens with zero attached hydrogens (tertiary/aromatic N) is 2. The summed E-state index contributed by atoms with van der Waals surface area (Å²) in [7, 11) is 1.36. The van der Waals surface area contributed by atoms with Gasteiger partial charge in [0.05, 0.1) is 22.6 Å². The summed E-state index contributed by atoms with van der Waals surface area (Å²) in [5.41, 5.74) is 1.82. The van der Waals surface area contributed by atoms with Crippen LogP contribution in [0.5, 0.6) is 5.75 Å². The Morgan fingerprint density at radius 3 is 2.81 bits per heavy atom. The molecular formula is C18H14ClN3O4S. The minimum absolute atomic E-state index is 0.157. The number of rotatable bonds is 4. The second kappa shape index (κ2) is 7.81. The van der Waals surface area contributed by atoms with Crippen LogP contribution in [-0.2, 0) is 4.79 Å². The molecule has 0 unspecified atom stereocenters. The Bertz CT molecular complexity index is 1000. The van der Waals surface area contributed by atoms with Gasteiger partial charge in [0.25, 0.3) is 5.91 Å². The van der Waals surface area contributed by atoms with E-state index in [1.165, 1.54) is 19.2 Å². The predicted octanol–water partition coefficient (Wildman–Crippen LogP) is 4.46. The van der Waals surface area contributed by atoms with Crippen molar-refractivity contribution in [1.29, 1.82) is 0 Å². The van der Waals surface area contributed by atoms with Gasteiger partial charge in [-0.2, -0.15) is 0 Å². The van der Waals surface area contributed by atoms with Gasteiger partial charge in [-0.05, 0) is 54.1 Å². The van der Waals surface area contributed by atoms with Gasteiger partial charge in [0.2, 0.25) is 0 Å². The number of ether oxygens (including phenoxy) is 1. The number of carbonyl (C=O) groups excluding carboxylic acids is 1. The average molecular weight is 404 g/mol. The Morgan fingerprint density at radius 2 is 2.11 bits per heavy atom. The molecule has 2 aromatic rings. The van der Waals surface area contributed by atoms with Crippen LogP contribution in [0.3, 0.4) is 0 Å². The molecular weight excluding hydrogens is 390 g/mol. The van der Waals surface area contributed by atoms with Gasteiger partial charge in [-0.3, -0.25) is 14.9 Å². The van der Waals surface area contributed by atoms with E-state index in [2.05, 4.69) is 10.3 Å². The van der Waals surface area contributed by atoms with Crippen LogP contribution in [-0.4, -0.2) is 23.1 Å². The molecule has 3 rings (SSSR count). The fraction of sp³-hybridized carbons (Fsp3) is 0.111. The smallest absolute Gasteiger partial charge is 0.311 e. The number of hydrogen-bond acceptors (Lipinski definition) is 6. The van der Waals surface area contributed by atoms with Crippen molar-refractivity contribution >= 4 is 51.9 Å². The van der Waals surface area contributed by atoms with Crippen LogP contribution in [0.4, 0.5) is 11.4 Å². The van der Waals surface area contributed by atoms with E-state index in [1.807, 2.05) is 6.92 Å². The normalized spacial score (nSPS) is 16.6. The Labute approximate surface area is 164 Å². The van der Waals surface area contributed by atoms with Gasteiger partial charge < -0.3 is 10.1 Å². The topological polar surface area (TPSA) is 93.8 Å². The number of halogens is 1. The van der Waals surface area contributed by atoms with Gasteiger partial charge in [-0.1, -0.05) is 23.7 Å². The molecule has 0 aliphatic carbocycles. The highest BCUT2D eigenvalue weighted by Crippen LogP contribution is 2.33. The van der Waals surface area contributed by atoms with E-state index in [4.69, 9.17) is 16.3 Å². The van der Waals surface area contributed by atoms with Crippen LogP contribution < -0.4 is 10.1 Å². The number of nitro benzene ring substituents is 1. The second-order valence-corrected chi connectivity index (χ2v) is 6.99. The summed E-state index contributed by atoms with van der Waals surface area (Å²) in [6.07, 6.45) is 1.57. The molecule has 1 aliphatic rings. The Morgan fingerprint density at radius 1 is 1.33 bits per heavy atom. The molecule has 0 spiro atoms. The van der Waals surface area contributed by atoms with Crippen LogP contribution in [0.2, 0.25) is 5.02 Å². The summed E-state index contributed by atoms with van der Waals surface area (Å²) in [6.45, 7) is 1.84. The van der Waals surface area contributed by atoms with Crippen molar-refractivity contribution in [2.75, 3.05) is 7.11 Å². The lowest BCUT2D eigenvalue weighted by Crippen LogP contribution is -2.19. The van der Waals surface area contributed by atoms with Crippen LogP contribution in [0, 0.1) is 17.0 Å². The monoisotopic (exact) mass is 403 g/mol. The number of nitrogens with one attached hydrogen (secondary N) is 1. The summed E-state index contributed by atoms with van der Waals surface area (Å²) >= 11 is 7.24. The molecule has 0 saturated carbocycles. The van der Waals surface area contributed by atoms with Gasteiger partial charge in [-0.15, -0.1) is 0 Å². The molecule has 1 aliphatic heterocycles. The average Bonchev–Trinajstić information content (AvgIpc) is 2.98.